The summed E-state index contributed by atoms with van der Waals surface area (Å²) in [5.41, 5.74) is 0. The van der Waals surface area contributed by atoms with E-state index < -0.39 is 43.3 Å². The van der Waals surface area contributed by atoms with Crippen LogP contribution >= 0.6 is 0 Å². The highest BCUT2D eigenvalue weighted by Crippen LogP contribution is 2.25. The molecule has 1 amide bonds. The van der Waals surface area contributed by atoms with Gasteiger partial charge in [0, 0.05) is 6.54 Å². The van der Waals surface area contributed by atoms with Gasteiger partial charge in [0.25, 0.3) is 0 Å². The molecule has 1 aliphatic rings. The maximum atomic E-state index is 13.3. The first-order chi connectivity index (χ1) is 20.9. The van der Waals surface area contributed by atoms with Gasteiger partial charge in [-0.25, -0.2) is 4.79 Å². The van der Waals surface area contributed by atoms with E-state index in [1.807, 2.05) is 6.92 Å². The van der Waals surface area contributed by atoms with Crippen LogP contribution in [0.25, 0.3) is 0 Å². The molecule has 4 N–H and O–H groups in total. The summed E-state index contributed by atoms with van der Waals surface area (Å²) in [6.45, 7) is 6.15. The van der Waals surface area contributed by atoms with Crippen LogP contribution in [-0.4, -0.2) is 81.3 Å². The third-order valence-electron chi connectivity index (χ3n) is 8.93. The van der Waals surface area contributed by atoms with Crippen LogP contribution in [0.1, 0.15) is 168 Å². The van der Waals surface area contributed by atoms with Gasteiger partial charge in [0.15, 0.2) is 6.23 Å². The minimum atomic E-state index is -1.53. The van der Waals surface area contributed by atoms with Gasteiger partial charge in [0.05, 0.1) is 6.61 Å². The van der Waals surface area contributed by atoms with Crippen molar-refractivity contribution in [3.8, 4) is 0 Å². The Morgan fingerprint density at radius 3 is 1.51 bits per heavy atom. The van der Waals surface area contributed by atoms with Gasteiger partial charge in [-0.05, 0) is 26.2 Å². The van der Waals surface area contributed by atoms with Crippen molar-refractivity contribution in [1.82, 2.24) is 4.90 Å². The molecule has 0 saturated carbocycles. The first kappa shape index (κ1) is 40.1. The highest BCUT2D eigenvalue weighted by atomic mass is 16.6. The molecule has 1 heterocycles. The summed E-state index contributed by atoms with van der Waals surface area (Å²) in [4.78, 5) is 14.6. The van der Waals surface area contributed by atoms with E-state index in [1.54, 1.807) is 0 Å². The molecule has 0 spiro atoms. The molecule has 2 unspecified atom stereocenters. The lowest BCUT2D eigenvalue weighted by Crippen LogP contribution is -2.64. The van der Waals surface area contributed by atoms with Crippen LogP contribution in [0, 0.1) is 0 Å². The molecule has 0 aromatic heterocycles. The zero-order chi connectivity index (χ0) is 31.7. The van der Waals surface area contributed by atoms with Gasteiger partial charge in [-0.15, -0.1) is 0 Å². The quantitative estimate of drug-likeness (QED) is 0.0702. The van der Waals surface area contributed by atoms with Crippen LogP contribution in [0.15, 0.2) is 0 Å². The minimum Gasteiger partial charge on any atom is -0.446 e. The minimum absolute atomic E-state index is 0.282. The third-order valence-corrected chi connectivity index (χ3v) is 8.93. The summed E-state index contributed by atoms with van der Waals surface area (Å²) in [6.07, 6.45) is 20.0. The fourth-order valence-electron chi connectivity index (χ4n) is 6.00. The van der Waals surface area contributed by atoms with Crippen molar-refractivity contribution in [2.24, 2.45) is 0 Å². The van der Waals surface area contributed by atoms with Crippen LogP contribution < -0.4 is 0 Å². The second-order valence-electron chi connectivity index (χ2n) is 13.0. The molecule has 6 atom stereocenters. The van der Waals surface area contributed by atoms with E-state index in [0.29, 0.717) is 13.0 Å². The van der Waals surface area contributed by atoms with Gasteiger partial charge in [0.1, 0.15) is 30.5 Å². The average molecular weight is 616 g/mol. The molecule has 1 aliphatic heterocycles. The van der Waals surface area contributed by atoms with Crippen LogP contribution in [0.2, 0.25) is 0 Å². The van der Waals surface area contributed by atoms with Crippen molar-refractivity contribution in [2.75, 3.05) is 13.2 Å². The smallest absolute Gasteiger partial charge is 0.412 e. The van der Waals surface area contributed by atoms with Crippen molar-refractivity contribution in [1.29, 1.82) is 0 Å². The number of carbonyl (C=O) groups excluding carboxylic acids is 1. The topological polar surface area (TPSA) is 120 Å². The first-order valence-corrected chi connectivity index (χ1v) is 18.1. The summed E-state index contributed by atoms with van der Waals surface area (Å²) in [5.74, 6) is 0. The third kappa shape index (κ3) is 18.0. The summed E-state index contributed by atoms with van der Waals surface area (Å²) in [6, 6.07) is 0. The Labute approximate surface area is 263 Å². The normalized spacial score (nSPS) is 22.9. The van der Waals surface area contributed by atoms with E-state index in [2.05, 4.69) is 13.8 Å². The number of aliphatic hydroxyl groups is 4. The van der Waals surface area contributed by atoms with Crippen molar-refractivity contribution >= 4 is 6.09 Å². The number of amides is 1. The van der Waals surface area contributed by atoms with Crippen LogP contribution in [0.5, 0.6) is 0 Å². The zero-order valence-electron chi connectivity index (χ0n) is 28.1. The van der Waals surface area contributed by atoms with Gasteiger partial charge in [-0.3, -0.25) is 4.90 Å². The first-order valence-electron chi connectivity index (χ1n) is 18.1. The molecule has 1 rings (SSSR count). The van der Waals surface area contributed by atoms with Gasteiger partial charge in [-0.1, -0.05) is 142 Å². The van der Waals surface area contributed by atoms with E-state index in [9.17, 15) is 25.2 Å². The largest absolute Gasteiger partial charge is 0.446 e. The Morgan fingerprint density at radius 1 is 0.651 bits per heavy atom. The standard InChI is InChI=1S/C35H69NO7/c1-4-6-8-10-12-14-16-17-18-20-22-24-26-29(3)42-35(41)36(27-25-23-21-19-15-13-11-9-7-5-2)34-33(40)32(39)31(38)30(28-37)43-34/h29-34,37-40H,4-28H2,1-3H3/t29?,30-,31-,32+,33-,34?/m1/s1. The van der Waals surface area contributed by atoms with Crippen molar-refractivity contribution in [3.63, 3.8) is 0 Å². The summed E-state index contributed by atoms with van der Waals surface area (Å²) in [7, 11) is 0. The number of hydrogen-bond acceptors (Lipinski definition) is 7. The lowest BCUT2D eigenvalue weighted by molar-refractivity contribution is -0.259. The maximum absolute atomic E-state index is 13.3. The van der Waals surface area contributed by atoms with Crippen molar-refractivity contribution in [3.05, 3.63) is 0 Å². The van der Waals surface area contributed by atoms with E-state index in [-0.39, 0.29) is 6.10 Å². The second kappa shape index (κ2) is 26.3. The van der Waals surface area contributed by atoms with Crippen LogP contribution in [0.4, 0.5) is 4.79 Å². The molecular weight excluding hydrogens is 546 g/mol. The number of hydrogen-bond donors (Lipinski definition) is 4. The van der Waals surface area contributed by atoms with Gasteiger partial charge < -0.3 is 29.9 Å². The Balaban J connectivity index is 2.45. The molecule has 0 aromatic carbocycles. The Hall–Kier alpha value is -0.930. The Kier molecular flexibility index (Phi) is 24.5. The fourth-order valence-corrected chi connectivity index (χ4v) is 6.00. The predicted molar refractivity (Wildman–Crippen MR) is 174 cm³/mol. The van der Waals surface area contributed by atoms with E-state index in [4.69, 9.17) is 9.47 Å². The number of nitrogens with zero attached hydrogens (tertiary/aromatic N) is 1. The fraction of sp³-hybridized carbons (Fsp3) is 0.971. The molecule has 1 saturated heterocycles. The SMILES string of the molecule is CCCCCCCCCCCCCCC(C)OC(=O)N(CCCCCCCCCCCC)C1O[C@H](CO)[C@@H](O)[C@H](O)[C@H]1O. The highest BCUT2D eigenvalue weighted by Gasteiger charge is 2.47. The average Bonchev–Trinajstić information content (AvgIpc) is 3.00. The number of rotatable bonds is 27. The van der Waals surface area contributed by atoms with Crippen LogP contribution in [0.3, 0.4) is 0 Å². The van der Waals surface area contributed by atoms with Gasteiger partial charge in [0.2, 0.25) is 0 Å². The summed E-state index contributed by atoms with van der Waals surface area (Å²) in [5, 5.41) is 40.9. The lowest BCUT2D eigenvalue weighted by Gasteiger charge is -2.44. The number of aliphatic hydroxyl groups excluding tert-OH is 4. The van der Waals surface area contributed by atoms with Gasteiger partial charge >= 0.3 is 6.09 Å². The molecule has 8 heteroatoms. The lowest BCUT2D eigenvalue weighted by atomic mass is 9.97. The number of carbonyl (C=O) groups is 1. The molecular formula is C35H69NO7. The molecule has 0 aromatic rings. The highest BCUT2D eigenvalue weighted by molar-refractivity contribution is 5.68. The van der Waals surface area contributed by atoms with Crippen LogP contribution in [-0.2, 0) is 9.47 Å². The predicted octanol–water partition coefficient (Wildman–Crippen LogP) is 7.63. The number of ether oxygens (including phenoxy) is 2. The van der Waals surface area contributed by atoms with Crippen molar-refractivity contribution < 1.29 is 34.7 Å². The summed E-state index contributed by atoms with van der Waals surface area (Å²) >= 11 is 0. The van der Waals surface area contributed by atoms with E-state index in [0.717, 1.165) is 38.5 Å². The van der Waals surface area contributed by atoms with E-state index in [1.165, 1.54) is 108 Å². The molecule has 43 heavy (non-hydrogen) atoms. The molecule has 1 fully saturated rings. The van der Waals surface area contributed by atoms with Gasteiger partial charge in [-0.2, -0.15) is 0 Å². The monoisotopic (exact) mass is 616 g/mol. The Morgan fingerprint density at radius 2 is 1.07 bits per heavy atom. The Bertz CT molecular complexity index is 650. The molecule has 256 valence electrons. The summed E-state index contributed by atoms with van der Waals surface area (Å²) < 4.78 is 11.5. The number of unbranched alkanes of at least 4 members (excludes halogenated alkanes) is 20. The maximum Gasteiger partial charge on any atom is 0.412 e. The van der Waals surface area contributed by atoms with E-state index >= 15 is 0 Å². The molecule has 0 aliphatic carbocycles. The molecule has 0 radical (unpaired) electrons. The zero-order valence-corrected chi connectivity index (χ0v) is 28.1. The second-order valence-corrected chi connectivity index (χ2v) is 13.0. The molecule has 0 bridgehead atoms. The van der Waals surface area contributed by atoms with Crippen molar-refractivity contribution in [2.45, 2.75) is 205 Å². The molecule has 8 nitrogen and oxygen atoms in total.